The Hall–Kier alpha value is -3.93. The van der Waals surface area contributed by atoms with E-state index in [4.69, 9.17) is 4.74 Å². The van der Waals surface area contributed by atoms with Crippen LogP contribution in [0.1, 0.15) is 41.3 Å². The van der Waals surface area contributed by atoms with E-state index in [2.05, 4.69) is 40.4 Å². The van der Waals surface area contributed by atoms with E-state index in [9.17, 15) is 4.79 Å². The minimum atomic E-state index is -0.193. The highest BCUT2D eigenvalue weighted by Gasteiger charge is 2.14. The van der Waals surface area contributed by atoms with E-state index in [0.29, 0.717) is 23.1 Å². The number of benzene rings is 2. The van der Waals surface area contributed by atoms with Gasteiger partial charge in [-0.1, -0.05) is 32.0 Å². The standard InChI is InChI=1S/C25H24N4O2/c1-16(2)18-6-4-7-21(12-18)29-24(30)19-10-9-17(3)23(13-19)31-25-22(8-5-11-26-25)20-14-27-28-15-20/h4-16H,1-3H3,(H,27,28)(H,29,30). The van der Waals surface area contributed by atoms with E-state index < -0.39 is 0 Å². The van der Waals surface area contributed by atoms with Crippen LogP contribution in [0.4, 0.5) is 5.69 Å². The topological polar surface area (TPSA) is 79.9 Å². The van der Waals surface area contributed by atoms with E-state index in [-0.39, 0.29) is 5.91 Å². The fourth-order valence-corrected chi connectivity index (χ4v) is 3.22. The molecule has 0 spiro atoms. The molecule has 6 nitrogen and oxygen atoms in total. The van der Waals surface area contributed by atoms with Crippen LogP contribution in [0.5, 0.6) is 11.6 Å². The maximum absolute atomic E-state index is 12.9. The van der Waals surface area contributed by atoms with Crippen LogP contribution in [0.25, 0.3) is 11.1 Å². The number of aromatic amines is 1. The first kappa shape index (κ1) is 20.3. The number of carbonyl (C=O) groups is 1. The van der Waals surface area contributed by atoms with E-state index in [1.807, 2.05) is 43.3 Å². The average Bonchev–Trinajstić information content (AvgIpc) is 3.30. The zero-order valence-corrected chi connectivity index (χ0v) is 17.7. The number of hydrogen-bond donors (Lipinski definition) is 2. The summed E-state index contributed by atoms with van der Waals surface area (Å²) in [7, 11) is 0. The predicted octanol–water partition coefficient (Wildman–Crippen LogP) is 5.95. The third kappa shape index (κ3) is 4.64. The molecule has 0 fully saturated rings. The second kappa shape index (κ2) is 8.83. The molecule has 0 radical (unpaired) electrons. The Bertz CT molecular complexity index is 1200. The molecule has 0 aliphatic carbocycles. The minimum absolute atomic E-state index is 0.193. The molecule has 0 bridgehead atoms. The summed E-state index contributed by atoms with van der Waals surface area (Å²) in [4.78, 5) is 17.2. The molecule has 2 heterocycles. The van der Waals surface area contributed by atoms with Gasteiger partial charge in [0.25, 0.3) is 5.91 Å². The van der Waals surface area contributed by atoms with Gasteiger partial charge < -0.3 is 10.1 Å². The Morgan fingerprint density at radius 2 is 1.97 bits per heavy atom. The Morgan fingerprint density at radius 3 is 2.74 bits per heavy atom. The van der Waals surface area contributed by atoms with Crippen molar-refractivity contribution in [3.8, 4) is 22.8 Å². The number of amides is 1. The molecule has 156 valence electrons. The van der Waals surface area contributed by atoms with Crippen molar-refractivity contribution in [3.05, 3.63) is 89.9 Å². The molecular weight excluding hydrogens is 388 g/mol. The fourth-order valence-electron chi connectivity index (χ4n) is 3.22. The Labute approximate surface area is 181 Å². The largest absolute Gasteiger partial charge is 0.438 e. The molecule has 31 heavy (non-hydrogen) atoms. The Morgan fingerprint density at radius 1 is 1.10 bits per heavy atom. The monoisotopic (exact) mass is 412 g/mol. The van der Waals surface area contributed by atoms with Gasteiger partial charge in [-0.15, -0.1) is 0 Å². The quantitative estimate of drug-likeness (QED) is 0.410. The lowest BCUT2D eigenvalue weighted by Crippen LogP contribution is -2.12. The number of nitrogens with one attached hydrogen (secondary N) is 2. The smallest absolute Gasteiger partial charge is 0.255 e. The summed E-state index contributed by atoms with van der Waals surface area (Å²) in [6.45, 7) is 6.18. The molecule has 2 aromatic heterocycles. The van der Waals surface area contributed by atoms with Gasteiger partial charge in [0.2, 0.25) is 5.88 Å². The lowest BCUT2D eigenvalue weighted by Gasteiger charge is -2.13. The van der Waals surface area contributed by atoms with Crippen molar-refractivity contribution in [1.29, 1.82) is 0 Å². The average molecular weight is 412 g/mol. The molecule has 0 saturated heterocycles. The first-order valence-corrected chi connectivity index (χ1v) is 10.2. The molecule has 0 aliphatic heterocycles. The van der Waals surface area contributed by atoms with Crippen LogP contribution in [-0.2, 0) is 0 Å². The van der Waals surface area contributed by atoms with Crippen LogP contribution in [0, 0.1) is 6.92 Å². The summed E-state index contributed by atoms with van der Waals surface area (Å²) in [5, 5.41) is 9.77. The number of pyridine rings is 1. The van der Waals surface area contributed by atoms with Gasteiger partial charge in [0, 0.05) is 34.8 Å². The van der Waals surface area contributed by atoms with Crippen LogP contribution in [0.15, 0.2) is 73.2 Å². The van der Waals surface area contributed by atoms with Gasteiger partial charge in [-0.25, -0.2) is 4.98 Å². The van der Waals surface area contributed by atoms with Crippen LogP contribution in [-0.4, -0.2) is 21.1 Å². The van der Waals surface area contributed by atoms with E-state index >= 15 is 0 Å². The normalized spacial score (nSPS) is 10.8. The second-order valence-electron chi connectivity index (χ2n) is 7.66. The van der Waals surface area contributed by atoms with E-state index in [1.165, 1.54) is 5.56 Å². The number of ether oxygens (including phenoxy) is 1. The highest BCUT2D eigenvalue weighted by Crippen LogP contribution is 2.32. The lowest BCUT2D eigenvalue weighted by molar-refractivity contribution is 0.102. The molecule has 0 atom stereocenters. The summed E-state index contributed by atoms with van der Waals surface area (Å²) in [6.07, 6.45) is 5.17. The van der Waals surface area contributed by atoms with E-state index in [1.54, 1.807) is 30.7 Å². The van der Waals surface area contributed by atoms with Crippen molar-refractivity contribution < 1.29 is 9.53 Å². The summed E-state index contributed by atoms with van der Waals surface area (Å²) in [5.74, 6) is 1.22. The fraction of sp³-hybridized carbons (Fsp3) is 0.160. The minimum Gasteiger partial charge on any atom is -0.438 e. The summed E-state index contributed by atoms with van der Waals surface area (Å²) < 4.78 is 6.12. The molecule has 0 unspecified atom stereocenters. The Kier molecular flexibility index (Phi) is 5.80. The molecule has 1 amide bonds. The zero-order chi connectivity index (χ0) is 21.8. The molecule has 4 aromatic rings. The van der Waals surface area contributed by atoms with Gasteiger partial charge in [-0.3, -0.25) is 9.89 Å². The number of rotatable bonds is 6. The van der Waals surface area contributed by atoms with Gasteiger partial charge in [0.1, 0.15) is 5.75 Å². The van der Waals surface area contributed by atoms with Crippen LogP contribution < -0.4 is 10.1 Å². The van der Waals surface area contributed by atoms with E-state index in [0.717, 1.165) is 22.4 Å². The summed E-state index contributed by atoms with van der Waals surface area (Å²) in [6, 6.07) is 17.1. The van der Waals surface area contributed by atoms with Crippen LogP contribution in [0.2, 0.25) is 0 Å². The first-order chi connectivity index (χ1) is 15.0. The second-order valence-corrected chi connectivity index (χ2v) is 7.66. The number of aryl methyl sites for hydroxylation is 1. The SMILES string of the molecule is Cc1ccc(C(=O)Nc2cccc(C(C)C)c2)cc1Oc1ncccc1-c1cn[nH]c1. The predicted molar refractivity (Wildman–Crippen MR) is 122 cm³/mol. The molecule has 0 saturated carbocycles. The van der Waals surface area contributed by atoms with Gasteiger partial charge >= 0.3 is 0 Å². The Balaban J connectivity index is 1.58. The van der Waals surface area contributed by atoms with Crippen molar-refractivity contribution in [2.75, 3.05) is 5.32 Å². The molecule has 2 aromatic carbocycles. The number of nitrogens with zero attached hydrogens (tertiary/aromatic N) is 2. The molecule has 0 aliphatic rings. The van der Waals surface area contributed by atoms with Crippen molar-refractivity contribution in [1.82, 2.24) is 15.2 Å². The van der Waals surface area contributed by atoms with Crippen molar-refractivity contribution in [3.63, 3.8) is 0 Å². The maximum atomic E-state index is 12.9. The summed E-state index contributed by atoms with van der Waals surface area (Å²) >= 11 is 0. The third-order valence-electron chi connectivity index (χ3n) is 5.05. The number of anilines is 1. The van der Waals surface area contributed by atoms with Crippen LogP contribution in [0.3, 0.4) is 0 Å². The highest BCUT2D eigenvalue weighted by atomic mass is 16.5. The lowest BCUT2D eigenvalue weighted by atomic mass is 10.0. The molecule has 4 rings (SSSR count). The first-order valence-electron chi connectivity index (χ1n) is 10.2. The molecule has 2 N–H and O–H groups in total. The van der Waals surface area contributed by atoms with Crippen molar-refractivity contribution in [2.45, 2.75) is 26.7 Å². The number of H-pyrrole nitrogens is 1. The molecular formula is C25H24N4O2. The van der Waals surface area contributed by atoms with Crippen LogP contribution >= 0.6 is 0 Å². The zero-order valence-electron chi connectivity index (χ0n) is 17.7. The van der Waals surface area contributed by atoms with Crippen molar-refractivity contribution in [2.24, 2.45) is 0 Å². The number of hydrogen-bond acceptors (Lipinski definition) is 4. The van der Waals surface area contributed by atoms with Gasteiger partial charge in [-0.2, -0.15) is 5.10 Å². The maximum Gasteiger partial charge on any atom is 0.255 e. The third-order valence-corrected chi connectivity index (χ3v) is 5.05. The van der Waals surface area contributed by atoms with Gasteiger partial charge in [0.15, 0.2) is 0 Å². The number of aromatic nitrogens is 3. The van der Waals surface area contributed by atoms with Gasteiger partial charge in [-0.05, 0) is 60.4 Å². The molecule has 6 heteroatoms. The highest BCUT2D eigenvalue weighted by molar-refractivity contribution is 6.04. The number of carbonyl (C=O) groups excluding carboxylic acids is 1. The van der Waals surface area contributed by atoms with Crippen molar-refractivity contribution >= 4 is 11.6 Å². The van der Waals surface area contributed by atoms with Gasteiger partial charge in [0.05, 0.1) is 6.20 Å². The summed E-state index contributed by atoms with van der Waals surface area (Å²) in [5.41, 5.74) is 5.05.